The molecule has 6 nitrogen and oxygen atoms in total. The lowest BCUT2D eigenvalue weighted by atomic mass is 10.1. The zero-order chi connectivity index (χ0) is 15.2. The molecule has 2 rings (SSSR count). The first-order valence-electron chi connectivity index (χ1n) is 6.57. The minimum Gasteiger partial charge on any atom is -0.490 e. The van der Waals surface area contributed by atoms with Crippen LogP contribution < -0.4 is 14.8 Å². The maximum atomic E-state index is 11.8. The number of carbonyl (C=O) groups is 2. The SMILES string of the molecule is CSCCC(=O)Nc1cc2c(cc1C(=O)O)OCCCO2. The van der Waals surface area contributed by atoms with E-state index in [1.54, 1.807) is 11.8 Å². The van der Waals surface area contributed by atoms with E-state index >= 15 is 0 Å². The van der Waals surface area contributed by atoms with Crippen molar-refractivity contribution in [3.63, 3.8) is 0 Å². The molecule has 7 heteroatoms. The number of hydrogen-bond donors (Lipinski definition) is 2. The molecule has 0 saturated carbocycles. The Kier molecular flexibility index (Phi) is 5.32. The molecule has 0 aliphatic carbocycles. The standard InChI is InChI=1S/C14H17NO5S/c1-21-6-3-13(16)15-10-8-12-11(7-9(10)14(17)18)19-4-2-5-20-12/h7-8H,2-6H2,1H3,(H,15,16)(H,17,18). The van der Waals surface area contributed by atoms with E-state index in [0.29, 0.717) is 36.9 Å². The first kappa shape index (κ1) is 15.5. The quantitative estimate of drug-likeness (QED) is 0.867. The number of thioether (sulfide) groups is 1. The van der Waals surface area contributed by atoms with Crippen LogP contribution in [0.5, 0.6) is 11.5 Å². The minimum atomic E-state index is -1.12. The van der Waals surface area contributed by atoms with E-state index in [9.17, 15) is 14.7 Å². The molecular weight excluding hydrogens is 294 g/mol. The Bertz CT molecular complexity index is 546. The van der Waals surface area contributed by atoms with Gasteiger partial charge >= 0.3 is 5.97 Å². The van der Waals surface area contributed by atoms with E-state index in [-0.39, 0.29) is 17.2 Å². The number of rotatable bonds is 5. The second kappa shape index (κ2) is 7.21. The van der Waals surface area contributed by atoms with Gasteiger partial charge < -0.3 is 19.9 Å². The number of ether oxygens (including phenoxy) is 2. The molecule has 0 fully saturated rings. The van der Waals surface area contributed by atoms with Crippen LogP contribution in [0.25, 0.3) is 0 Å². The molecule has 21 heavy (non-hydrogen) atoms. The summed E-state index contributed by atoms with van der Waals surface area (Å²) in [7, 11) is 0. The molecule has 1 amide bonds. The monoisotopic (exact) mass is 311 g/mol. The molecule has 1 heterocycles. The minimum absolute atomic E-state index is 0.00301. The van der Waals surface area contributed by atoms with Gasteiger partial charge in [-0.25, -0.2) is 4.79 Å². The van der Waals surface area contributed by atoms with Crippen LogP contribution in [-0.4, -0.2) is 42.2 Å². The highest BCUT2D eigenvalue weighted by atomic mass is 32.2. The normalized spacial score (nSPS) is 13.4. The number of benzene rings is 1. The maximum Gasteiger partial charge on any atom is 0.337 e. The maximum absolute atomic E-state index is 11.8. The van der Waals surface area contributed by atoms with E-state index in [2.05, 4.69) is 5.32 Å². The Morgan fingerprint density at radius 3 is 2.57 bits per heavy atom. The summed E-state index contributed by atoms with van der Waals surface area (Å²) in [5, 5.41) is 11.9. The van der Waals surface area contributed by atoms with E-state index in [4.69, 9.17) is 9.47 Å². The number of nitrogens with one attached hydrogen (secondary N) is 1. The summed E-state index contributed by atoms with van der Waals surface area (Å²) in [6.45, 7) is 0.977. The van der Waals surface area contributed by atoms with Crippen LogP contribution >= 0.6 is 11.8 Å². The van der Waals surface area contributed by atoms with Crippen LogP contribution in [0.15, 0.2) is 12.1 Å². The van der Waals surface area contributed by atoms with Crippen molar-refractivity contribution in [3.05, 3.63) is 17.7 Å². The first-order chi connectivity index (χ1) is 10.1. The van der Waals surface area contributed by atoms with Crippen LogP contribution in [0.1, 0.15) is 23.2 Å². The zero-order valence-corrected chi connectivity index (χ0v) is 12.5. The van der Waals surface area contributed by atoms with Crippen LogP contribution in [-0.2, 0) is 4.79 Å². The number of hydrogen-bond acceptors (Lipinski definition) is 5. The van der Waals surface area contributed by atoms with Crippen molar-refractivity contribution in [1.82, 2.24) is 0 Å². The van der Waals surface area contributed by atoms with Gasteiger partial charge in [-0.2, -0.15) is 11.8 Å². The highest BCUT2D eigenvalue weighted by Gasteiger charge is 2.19. The molecule has 2 N–H and O–H groups in total. The lowest BCUT2D eigenvalue weighted by molar-refractivity contribution is -0.115. The molecule has 0 aromatic heterocycles. The van der Waals surface area contributed by atoms with Crippen LogP contribution in [0.4, 0.5) is 5.69 Å². The van der Waals surface area contributed by atoms with E-state index < -0.39 is 5.97 Å². The van der Waals surface area contributed by atoms with E-state index in [1.807, 2.05) is 6.26 Å². The molecule has 0 unspecified atom stereocenters. The van der Waals surface area contributed by atoms with Crippen LogP contribution in [0.3, 0.4) is 0 Å². The Hall–Kier alpha value is -1.89. The summed E-state index contributed by atoms with van der Waals surface area (Å²) in [6, 6.07) is 2.91. The van der Waals surface area contributed by atoms with Crippen molar-refractivity contribution in [3.8, 4) is 11.5 Å². The fraction of sp³-hybridized carbons (Fsp3) is 0.429. The highest BCUT2D eigenvalue weighted by molar-refractivity contribution is 7.98. The molecule has 0 radical (unpaired) electrons. The Labute approximate surface area is 126 Å². The molecule has 1 aliphatic rings. The summed E-state index contributed by atoms with van der Waals surface area (Å²) in [5.74, 6) is 0.190. The van der Waals surface area contributed by atoms with E-state index in [1.165, 1.54) is 12.1 Å². The average molecular weight is 311 g/mol. The van der Waals surface area contributed by atoms with Crippen LogP contribution in [0, 0.1) is 0 Å². The third-order valence-corrected chi connectivity index (χ3v) is 3.54. The van der Waals surface area contributed by atoms with Gasteiger partial charge in [-0.3, -0.25) is 4.79 Å². The van der Waals surface area contributed by atoms with Gasteiger partial charge in [0.2, 0.25) is 5.91 Å². The number of fused-ring (bicyclic) bond motifs is 1. The highest BCUT2D eigenvalue weighted by Crippen LogP contribution is 2.35. The van der Waals surface area contributed by atoms with Gasteiger partial charge in [0.15, 0.2) is 11.5 Å². The Balaban J connectivity index is 2.27. The summed E-state index contributed by atoms with van der Waals surface area (Å²) in [4.78, 5) is 23.1. The second-order valence-corrected chi connectivity index (χ2v) is 5.48. The molecule has 1 aliphatic heterocycles. The van der Waals surface area contributed by atoms with Gasteiger partial charge in [-0.05, 0) is 6.26 Å². The lowest BCUT2D eigenvalue weighted by Crippen LogP contribution is -2.15. The molecule has 0 spiro atoms. The predicted molar refractivity (Wildman–Crippen MR) is 80.6 cm³/mol. The zero-order valence-electron chi connectivity index (χ0n) is 11.7. The van der Waals surface area contributed by atoms with Gasteiger partial charge in [0.05, 0.1) is 24.5 Å². The number of carbonyl (C=O) groups excluding carboxylic acids is 1. The number of amides is 1. The molecule has 0 atom stereocenters. The van der Waals surface area contributed by atoms with Gasteiger partial charge in [-0.15, -0.1) is 0 Å². The Morgan fingerprint density at radius 2 is 1.95 bits per heavy atom. The third kappa shape index (κ3) is 4.04. The molecular formula is C14H17NO5S. The number of carboxylic acid groups (broad SMARTS) is 1. The molecule has 1 aromatic rings. The fourth-order valence-electron chi connectivity index (χ4n) is 1.90. The summed E-state index contributed by atoms with van der Waals surface area (Å²) < 4.78 is 11.0. The largest absolute Gasteiger partial charge is 0.490 e. The number of anilines is 1. The van der Waals surface area contributed by atoms with Gasteiger partial charge in [0.1, 0.15) is 0 Å². The fourth-order valence-corrected chi connectivity index (χ4v) is 2.29. The van der Waals surface area contributed by atoms with Crippen molar-refractivity contribution < 1.29 is 24.2 Å². The smallest absolute Gasteiger partial charge is 0.337 e. The second-order valence-electron chi connectivity index (χ2n) is 4.49. The summed E-state index contributed by atoms with van der Waals surface area (Å²) in [5.41, 5.74) is 0.231. The van der Waals surface area contributed by atoms with Crippen molar-refractivity contribution in [2.75, 3.05) is 30.5 Å². The van der Waals surface area contributed by atoms with Gasteiger partial charge in [-0.1, -0.05) is 0 Å². The van der Waals surface area contributed by atoms with Gasteiger partial charge in [0, 0.05) is 30.7 Å². The topological polar surface area (TPSA) is 84.9 Å². The number of aromatic carboxylic acids is 1. The average Bonchev–Trinajstić information content (AvgIpc) is 2.68. The van der Waals surface area contributed by atoms with Crippen molar-refractivity contribution in [2.45, 2.75) is 12.8 Å². The molecule has 114 valence electrons. The van der Waals surface area contributed by atoms with Crippen molar-refractivity contribution >= 4 is 29.3 Å². The van der Waals surface area contributed by atoms with Gasteiger partial charge in [0.25, 0.3) is 0 Å². The van der Waals surface area contributed by atoms with Crippen molar-refractivity contribution in [1.29, 1.82) is 0 Å². The lowest BCUT2D eigenvalue weighted by Gasteiger charge is -2.13. The molecule has 0 saturated heterocycles. The molecule has 1 aromatic carbocycles. The van der Waals surface area contributed by atoms with Crippen LogP contribution in [0.2, 0.25) is 0 Å². The third-order valence-electron chi connectivity index (χ3n) is 2.93. The first-order valence-corrected chi connectivity index (χ1v) is 7.97. The van der Waals surface area contributed by atoms with Crippen molar-refractivity contribution in [2.24, 2.45) is 0 Å². The number of carboxylic acids is 1. The Morgan fingerprint density at radius 1 is 1.29 bits per heavy atom. The predicted octanol–water partition coefficient (Wildman–Crippen LogP) is 2.24. The summed E-state index contributed by atoms with van der Waals surface area (Å²) in [6.07, 6.45) is 2.96. The summed E-state index contributed by atoms with van der Waals surface area (Å²) >= 11 is 1.55. The van der Waals surface area contributed by atoms with E-state index in [0.717, 1.165) is 6.42 Å². The molecule has 0 bridgehead atoms.